The third kappa shape index (κ3) is 2.50. The predicted octanol–water partition coefficient (Wildman–Crippen LogP) is 3.77. The highest BCUT2D eigenvalue weighted by atomic mass is 127. The maximum atomic E-state index is 13.4. The molecule has 0 amide bonds. The average Bonchev–Trinajstić information content (AvgIpc) is 2.13. The Balaban J connectivity index is 3.26. The van der Waals surface area contributed by atoms with Crippen molar-refractivity contribution in [2.24, 2.45) is 0 Å². The van der Waals surface area contributed by atoms with Crippen LogP contribution in [0.2, 0.25) is 0 Å². The second-order valence-electron chi connectivity index (χ2n) is 2.28. The first-order valence-corrected chi connectivity index (χ1v) is 6.30. The van der Waals surface area contributed by atoms with Gasteiger partial charge >= 0.3 is 0 Å². The lowest BCUT2D eigenvalue weighted by atomic mass is 10.1. The molecule has 1 nitrogen and oxygen atoms in total. The van der Waals surface area contributed by atoms with Crippen molar-refractivity contribution < 1.29 is 9.18 Å². The van der Waals surface area contributed by atoms with Crippen molar-refractivity contribution in [3.8, 4) is 0 Å². The van der Waals surface area contributed by atoms with Gasteiger partial charge in [0.25, 0.3) is 0 Å². The molecule has 0 radical (unpaired) electrons. The predicted molar refractivity (Wildman–Crippen MR) is 64.9 cm³/mol. The highest BCUT2D eigenvalue weighted by Crippen LogP contribution is 2.24. The minimum atomic E-state index is -0.459. The summed E-state index contributed by atoms with van der Waals surface area (Å²) in [6.45, 7) is 0. The van der Waals surface area contributed by atoms with Crippen LogP contribution in [0.3, 0.4) is 0 Å². The number of halogens is 4. The maximum absolute atomic E-state index is 13.4. The molecular formula is C8H4Br2FIO. The molecule has 0 aliphatic carbocycles. The number of Topliss-reactive ketones (excluding diaryl/α,β-unsaturated/α-hetero) is 1. The number of rotatable bonds is 2. The van der Waals surface area contributed by atoms with Crippen molar-refractivity contribution in [3.63, 3.8) is 0 Å². The summed E-state index contributed by atoms with van der Waals surface area (Å²) >= 11 is 8.03. The highest BCUT2D eigenvalue weighted by molar-refractivity contribution is 14.1. The molecule has 0 bridgehead atoms. The number of alkyl halides is 1. The van der Waals surface area contributed by atoms with Crippen LogP contribution in [0.1, 0.15) is 10.4 Å². The fourth-order valence-electron chi connectivity index (χ4n) is 0.813. The molecule has 0 aromatic heterocycles. The van der Waals surface area contributed by atoms with Crippen LogP contribution in [0, 0.1) is 9.39 Å². The number of ketones is 1. The van der Waals surface area contributed by atoms with Crippen LogP contribution in [0.25, 0.3) is 0 Å². The summed E-state index contributed by atoms with van der Waals surface area (Å²) in [5, 5.41) is 0.141. The van der Waals surface area contributed by atoms with E-state index in [-0.39, 0.29) is 16.7 Å². The van der Waals surface area contributed by atoms with Gasteiger partial charge in [-0.05, 0) is 50.7 Å². The van der Waals surface area contributed by atoms with Gasteiger partial charge in [-0.15, -0.1) is 0 Å². The van der Waals surface area contributed by atoms with Crippen LogP contribution in [0.15, 0.2) is 16.6 Å². The van der Waals surface area contributed by atoms with Crippen molar-refractivity contribution in [3.05, 3.63) is 31.6 Å². The summed E-state index contributed by atoms with van der Waals surface area (Å²) in [6, 6.07) is 3.14. The van der Waals surface area contributed by atoms with Gasteiger partial charge in [0.2, 0.25) is 0 Å². The lowest BCUT2D eigenvalue weighted by Crippen LogP contribution is -2.04. The van der Waals surface area contributed by atoms with Gasteiger partial charge in [0, 0.05) is 4.47 Å². The van der Waals surface area contributed by atoms with Crippen LogP contribution in [-0.2, 0) is 0 Å². The molecule has 0 aliphatic heterocycles. The quantitative estimate of drug-likeness (QED) is 0.307. The number of benzene rings is 1. The number of carbonyl (C=O) groups is 1. The van der Waals surface area contributed by atoms with Gasteiger partial charge in [0.1, 0.15) is 5.82 Å². The van der Waals surface area contributed by atoms with Gasteiger partial charge in [-0.1, -0.05) is 15.9 Å². The molecule has 0 saturated heterocycles. The lowest BCUT2D eigenvalue weighted by Gasteiger charge is -2.03. The molecule has 0 saturated carbocycles. The lowest BCUT2D eigenvalue weighted by molar-refractivity contribution is 0.102. The van der Waals surface area contributed by atoms with Gasteiger partial charge in [-0.25, -0.2) is 4.39 Å². The number of hydrogen-bond acceptors (Lipinski definition) is 1. The molecule has 0 spiro atoms. The molecule has 0 atom stereocenters. The first-order valence-electron chi connectivity index (χ1n) is 3.30. The van der Waals surface area contributed by atoms with Crippen molar-refractivity contribution >= 4 is 60.2 Å². The summed E-state index contributed by atoms with van der Waals surface area (Å²) in [5.74, 6) is -0.706. The minimum absolute atomic E-state index is 0.129. The molecule has 1 aromatic carbocycles. The van der Waals surface area contributed by atoms with Crippen molar-refractivity contribution in [1.82, 2.24) is 0 Å². The van der Waals surface area contributed by atoms with Gasteiger partial charge < -0.3 is 0 Å². The average molecular weight is 422 g/mol. The van der Waals surface area contributed by atoms with Crippen LogP contribution in [0.4, 0.5) is 4.39 Å². The Morgan fingerprint density at radius 2 is 2.15 bits per heavy atom. The zero-order valence-corrected chi connectivity index (χ0v) is 11.6. The van der Waals surface area contributed by atoms with E-state index in [2.05, 4.69) is 31.9 Å². The molecule has 0 heterocycles. The summed E-state index contributed by atoms with van der Waals surface area (Å²) in [6.07, 6.45) is 0. The third-order valence-electron chi connectivity index (χ3n) is 1.46. The van der Waals surface area contributed by atoms with E-state index in [4.69, 9.17) is 0 Å². The second-order valence-corrected chi connectivity index (χ2v) is 4.77. The first kappa shape index (κ1) is 11.6. The van der Waals surface area contributed by atoms with E-state index in [0.717, 1.165) is 0 Å². The normalized spacial score (nSPS) is 10.2. The molecule has 13 heavy (non-hydrogen) atoms. The number of hydrogen-bond donors (Lipinski definition) is 0. The summed E-state index contributed by atoms with van der Waals surface area (Å²) in [4.78, 5) is 11.2. The van der Waals surface area contributed by atoms with E-state index < -0.39 is 5.82 Å². The Bertz CT molecular complexity index is 354. The Hall–Kier alpha value is 0.510. The van der Waals surface area contributed by atoms with E-state index in [1.807, 2.05) is 22.6 Å². The maximum Gasteiger partial charge on any atom is 0.176 e. The molecular weight excluding hydrogens is 418 g/mol. The molecule has 0 fully saturated rings. The van der Waals surface area contributed by atoms with Gasteiger partial charge in [-0.3, -0.25) is 4.79 Å². The smallest absolute Gasteiger partial charge is 0.176 e. The second kappa shape index (κ2) is 4.84. The molecule has 5 heteroatoms. The van der Waals surface area contributed by atoms with E-state index in [1.165, 1.54) is 6.07 Å². The molecule has 0 unspecified atom stereocenters. The van der Waals surface area contributed by atoms with Crippen LogP contribution in [-0.4, -0.2) is 11.1 Å². The van der Waals surface area contributed by atoms with Crippen molar-refractivity contribution in [1.29, 1.82) is 0 Å². The zero-order valence-electron chi connectivity index (χ0n) is 6.28. The molecule has 1 rings (SSSR count). The van der Waals surface area contributed by atoms with E-state index >= 15 is 0 Å². The van der Waals surface area contributed by atoms with Gasteiger partial charge in [-0.2, -0.15) is 0 Å². The third-order valence-corrected chi connectivity index (χ3v) is 4.42. The molecule has 0 N–H and O–H groups in total. The first-order chi connectivity index (χ1) is 6.07. The molecule has 0 aliphatic rings. The Morgan fingerprint density at radius 3 is 2.69 bits per heavy atom. The van der Waals surface area contributed by atoms with Gasteiger partial charge in [0.05, 0.1) is 14.5 Å². The SMILES string of the molecule is O=C(CBr)c1ccc(Br)c(I)c1F. The largest absolute Gasteiger partial charge is 0.293 e. The number of carbonyl (C=O) groups excluding carboxylic acids is 1. The van der Waals surface area contributed by atoms with Crippen LogP contribution >= 0.6 is 54.5 Å². The monoisotopic (exact) mass is 420 g/mol. The fraction of sp³-hybridized carbons (Fsp3) is 0.125. The van der Waals surface area contributed by atoms with Crippen LogP contribution in [0.5, 0.6) is 0 Å². The Morgan fingerprint density at radius 1 is 1.54 bits per heavy atom. The Kier molecular flexibility index (Phi) is 4.31. The van der Waals surface area contributed by atoms with Crippen molar-refractivity contribution in [2.75, 3.05) is 5.33 Å². The topological polar surface area (TPSA) is 17.1 Å². The minimum Gasteiger partial charge on any atom is -0.293 e. The Labute approximate surface area is 105 Å². The van der Waals surface area contributed by atoms with E-state index in [1.54, 1.807) is 6.07 Å². The molecule has 70 valence electrons. The summed E-state index contributed by atoms with van der Waals surface area (Å²) in [5.41, 5.74) is 0.129. The van der Waals surface area contributed by atoms with E-state index in [0.29, 0.717) is 8.04 Å². The fourth-order valence-corrected chi connectivity index (χ4v) is 1.89. The zero-order chi connectivity index (χ0) is 10.0. The molecule has 1 aromatic rings. The summed E-state index contributed by atoms with van der Waals surface area (Å²) in [7, 11) is 0. The standard InChI is InChI=1S/C8H4Br2FIO/c9-3-6(13)4-1-2-5(10)8(12)7(4)11/h1-2H,3H2. The summed E-state index contributed by atoms with van der Waals surface area (Å²) < 4.78 is 14.5. The van der Waals surface area contributed by atoms with Gasteiger partial charge in [0.15, 0.2) is 5.78 Å². The van der Waals surface area contributed by atoms with E-state index in [9.17, 15) is 9.18 Å². The van der Waals surface area contributed by atoms with Crippen LogP contribution < -0.4 is 0 Å². The van der Waals surface area contributed by atoms with Crippen molar-refractivity contribution in [2.45, 2.75) is 0 Å². The highest BCUT2D eigenvalue weighted by Gasteiger charge is 2.14.